The van der Waals surface area contributed by atoms with Gasteiger partial charge in [0.1, 0.15) is 11.5 Å². The lowest BCUT2D eigenvalue weighted by atomic mass is 9.87. The molecule has 1 aromatic rings. The molecular weight excluding hydrogens is 242 g/mol. The fraction of sp³-hybridized carbons (Fsp3) is 0.600. The first-order valence-corrected chi connectivity index (χ1v) is 6.99. The minimum atomic E-state index is -0.155. The molecule has 106 valence electrons. The van der Waals surface area contributed by atoms with Crippen molar-refractivity contribution in [3.05, 3.63) is 23.8 Å². The lowest BCUT2D eigenvalue weighted by molar-refractivity contribution is 0.0997. The number of aromatic hydroxyl groups is 2. The summed E-state index contributed by atoms with van der Waals surface area (Å²) in [6, 6.07) is 4.70. The molecule has 0 heterocycles. The molecular formula is C15H23NO3. The topological polar surface area (TPSA) is 72.7 Å². The number of hydrogen-bond acceptors (Lipinski definition) is 4. The lowest BCUT2D eigenvalue weighted by Gasteiger charge is -2.27. The van der Waals surface area contributed by atoms with Crippen molar-refractivity contribution < 1.29 is 15.3 Å². The van der Waals surface area contributed by atoms with Crippen LogP contribution in [0.4, 0.5) is 0 Å². The lowest BCUT2D eigenvalue weighted by Crippen LogP contribution is -2.30. The predicted molar refractivity (Wildman–Crippen MR) is 74.2 cm³/mol. The summed E-state index contributed by atoms with van der Waals surface area (Å²) in [5, 5.41) is 32.1. The van der Waals surface area contributed by atoms with Crippen molar-refractivity contribution >= 4 is 0 Å². The van der Waals surface area contributed by atoms with Gasteiger partial charge in [-0.05, 0) is 44.7 Å². The van der Waals surface area contributed by atoms with Gasteiger partial charge in [-0.15, -0.1) is 0 Å². The minimum Gasteiger partial charge on any atom is -0.508 e. The van der Waals surface area contributed by atoms with Gasteiger partial charge in [0.2, 0.25) is 0 Å². The Morgan fingerprint density at radius 1 is 1.32 bits per heavy atom. The van der Waals surface area contributed by atoms with Crippen molar-refractivity contribution in [1.29, 1.82) is 0 Å². The maximum atomic E-state index is 9.80. The standard InChI is InChI=1S/C15H23NO3/c1-10(14-6-5-13(18)8-15(14)19)16-9-11-3-2-4-12(17)7-11/h5-6,8,10-12,16-19H,2-4,7,9H2,1H3. The number of phenolic OH excluding ortho intramolecular Hbond substituents is 2. The van der Waals surface area contributed by atoms with Crippen molar-refractivity contribution in [2.45, 2.75) is 44.8 Å². The number of benzene rings is 1. The minimum absolute atomic E-state index is 0.0275. The van der Waals surface area contributed by atoms with Gasteiger partial charge in [0, 0.05) is 17.7 Å². The number of aliphatic hydroxyl groups is 1. The molecule has 1 aromatic carbocycles. The number of hydrogen-bond donors (Lipinski definition) is 4. The van der Waals surface area contributed by atoms with E-state index >= 15 is 0 Å². The first-order chi connectivity index (χ1) is 9.06. The van der Waals surface area contributed by atoms with Gasteiger partial charge in [-0.1, -0.05) is 12.5 Å². The van der Waals surface area contributed by atoms with E-state index in [4.69, 9.17) is 0 Å². The van der Waals surface area contributed by atoms with E-state index in [2.05, 4.69) is 5.32 Å². The Kier molecular flexibility index (Phi) is 4.66. The highest BCUT2D eigenvalue weighted by molar-refractivity contribution is 5.40. The Labute approximate surface area is 114 Å². The third-order valence-corrected chi connectivity index (χ3v) is 3.95. The summed E-state index contributed by atoms with van der Waals surface area (Å²) in [6.07, 6.45) is 3.87. The van der Waals surface area contributed by atoms with Gasteiger partial charge in [-0.2, -0.15) is 0 Å². The molecule has 0 amide bonds. The summed E-state index contributed by atoms with van der Waals surface area (Å²) in [6.45, 7) is 2.84. The van der Waals surface area contributed by atoms with Crippen LogP contribution in [0.5, 0.6) is 11.5 Å². The Hall–Kier alpha value is -1.26. The Bertz CT molecular complexity index is 422. The van der Waals surface area contributed by atoms with E-state index in [0.29, 0.717) is 5.92 Å². The quantitative estimate of drug-likeness (QED) is 0.674. The summed E-state index contributed by atoms with van der Waals surface area (Å²) < 4.78 is 0. The molecule has 4 nitrogen and oxygen atoms in total. The monoisotopic (exact) mass is 265 g/mol. The van der Waals surface area contributed by atoms with E-state index in [1.165, 1.54) is 6.07 Å². The van der Waals surface area contributed by atoms with Crippen LogP contribution in [0.15, 0.2) is 18.2 Å². The Morgan fingerprint density at radius 2 is 2.11 bits per heavy atom. The number of rotatable bonds is 4. The van der Waals surface area contributed by atoms with E-state index in [0.717, 1.165) is 37.8 Å². The van der Waals surface area contributed by atoms with Gasteiger partial charge in [0.15, 0.2) is 0 Å². The molecule has 1 saturated carbocycles. The van der Waals surface area contributed by atoms with Crippen LogP contribution >= 0.6 is 0 Å². The first kappa shape index (κ1) is 14.2. The average molecular weight is 265 g/mol. The first-order valence-electron chi connectivity index (χ1n) is 6.99. The molecule has 0 spiro atoms. The normalized spacial score (nSPS) is 25.2. The number of nitrogens with one attached hydrogen (secondary N) is 1. The van der Waals surface area contributed by atoms with Gasteiger partial charge in [0.05, 0.1) is 6.10 Å². The molecule has 19 heavy (non-hydrogen) atoms. The molecule has 2 rings (SSSR count). The van der Waals surface area contributed by atoms with Crippen molar-refractivity contribution in [2.24, 2.45) is 5.92 Å². The summed E-state index contributed by atoms with van der Waals surface area (Å²) in [5.41, 5.74) is 0.786. The van der Waals surface area contributed by atoms with E-state index in [-0.39, 0.29) is 23.6 Å². The van der Waals surface area contributed by atoms with E-state index in [9.17, 15) is 15.3 Å². The van der Waals surface area contributed by atoms with E-state index in [1.54, 1.807) is 12.1 Å². The molecule has 1 fully saturated rings. The maximum absolute atomic E-state index is 9.80. The van der Waals surface area contributed by atoms with Crippen LogP contribution in [0.3, 0.4) is 0 Å². The molecule has 1 aliphatic carbocycles. The van der Waals surface area contributed by atoms with Crippen LogP contribution in [0, 0.1) is 5.92 Å². The Balaban J connectivity index is 1.88. The zero-order chi connectivity index (χ0) is 13.8. The molecule has 0 bridgehead atoms. The van der Waals surface area contributed by atoms with Crippen LogP contribution in [-0.4, -0.2) is 28.0 Å². The highest BCUT2D eigenvalue weighted by Gasteiger charge is 2.21. The van der Waals surface area contributed by atoms with Gasteiger partial charge < -0.3 is 20.6 Å². The van der Waals surface area contributed by atoms with Crippen LogP contribution in [-0.2, 0) is 0 Å². The fourth-order valence-electron chi connectivity index (χ4n) is 2.80. The second-order valence-corrected chi connectivity index (χ2v) is 5.56. The van der Waals surface area contributed by atoms with E-state index in [1.807, 2.05) is 6.92 Å². The third-order valence-electron chi connectivity index (χ3n) is 3.95. The second-order valence-electron chi connectivity index (χ2n) is 5.56. The SMILES string of the molecule is CC(NCC1CCCC(O)C1)c1ccc(O)cc1O. The van der Waals surface area contributed by atoms with Gasteiger partial charge in [-0.25, -0.2) is 0 Å². The van der Waals surface area contributed by atoms with Crippen LogP contribution in [0.2, 0.25) is 0 Å². The molecule has 3 atom stereocenters. The molecule has 0 radical (unpaired) electrons. The Morgan fingerprint density at radius 3 is 2.79 bits per heavy atom. The van der Waals surface area contributed by atoms with Crippen molar-refractivity contribution in [3.8, 4) is 11.5 Å². The van der Waals surface area contributed by atoms with E-state index < -0.39 is 0 Å². The third kappa shape index (κ3) is 3.85. The second kappa shape index (κ2) is 6.26. The molecule has 0 aromatic heterocycles. The molecule has 3 unspecified atom stereocenters. The summed E-state index contributed by atoms with van der Waals surface area (Å²) in [4.78, 5) is 0. The van der Waals surface area contributed by atoms with Crippen LogP contribution in [0.1, 0.15) is 44.2 Å². The fourth-order valence-corrected chi connectivity index (χ4v) is 2.80. The smallest absolute Gasteiger partial charge is 0.124 e. The number of phenols is 2. The maximum Gasteiger partial charge on any atom is 0.124 e. The number of aliphatic hydroxyl groups excluding tert-OH is 1. The van der Waals surface area contributed by atoms with Crippen molar-refractivity contribution in [1.82, 2.24) is 5.32 Å². The molecule has 1 aliphatic rings. The molecule has 0 aliphatic heterocycles. The van der Waals surface area contributed by atoms with Crippen LogP contribution in [0.25, 0.3) is 0 Å². The summed E-state index contributed by atoms with van der Waals surface area (Å²) in [7, 11) is 0. The van der Waals surface area contributed by atoms with Crippen molar-refractivity contribution in [2.75, 3.05) is 6.54 Å². The molecule has 4 heteroatoms. The van der Waals surface area contributed by atoms with Gasteiger partial charge in [-0.3, -0.25) is 0 Å². The summed E-state index contributed by atoms with van der Waals surface area (Å²) in [5.74, 6) is 0.693. The predicted octanol–water partition coefficient (Wildman–Crippen LogP) is 2.30. The molecule has 4 N–H and O–H groups in total. The zero-order valence-corrected chi connectivity index (χ0v) is 11.3. The largest absolute Gasteiger partial charge is 0.508 e. The molecule has 0 saturated heterocycles. The van der Waals surface area contributed by atoms with Crippen LogP contribution < -0.4 is 5.32 Å². The van der Waals surface area contributed by atoms with Crippen molar-refractivity contribution in [3.63, 3.8) is 0 Å². The zero-order valence-electron chi connectivity index (χ0n) is 11.3. The highest BCUT2D eigenvalue weighted by atomic mass is 16.3. The van der Waals surface area contributed by atoms with Gasteiger partial charge >= 0.3 is 0 Å². The average Bonchev–Trinajstić information content (AvgIpc) is 2.36. The highest BCUT2D eigenvalue weighted by Crippen LogP contribution is 2.29. The summed E-state index contributed by atoms with van der Waals surface area (Å²) >= 11 is 0. The van der Waals surface area contributed by atoms with Gasteiger partial charge in [0.25, 0.3) is 0 Å².